The van der Waals surface area contributed by atoms with Gasteiger partial charge in [-0.2, -0.15) is 0 Å². The maximum absolute atomic E-state index is 13.8. The van der Waals surface area contributed by atoms with E-state index in [1.165, 1.54) is 31.4 Å². The van der Waals surface area contributed by atoms with E-state index in [0.29, 0.717) is 11.6 Å². The summed E-state index contributed by atoms with van der Waals surface area (Å²) in [6.45, 7) is 6.40. The summed E-state index contributed by atoms with van der Waals surface area (Å²) in [6.07, 6.45) is 4.75. The van der Waals surface area contributed by atoms with Crippen LogP contribution in [0.15, 0.2) is 18.2 Å². The number of halogens is 2. The van der Waals surface area contributed by atoms with E-state index in [9.17, 15) is 8.78 Å². The van der Waals surface area contributed by atoms with Crippen molar-refractivity contribution in [3.05, 3.63) is 35.4 Å². The number of nitrogens with one attached hydrogen (secondary N) is 1. The Hall–Kier alpha value is -0.960. The molecule has 1 fully saturated rings. The summed E-state index contributed by atoms with van der Waals surface area (Å²) in [5.74, 6) is -0.719. The molecule has 0 heterocycles. The van der Waals surface area contributed by atoms with E-state index in [2.05, 4.69) is 19.2 Å². The summed E-state index contributed by atoms with van der Waals surface area (Å²) in [6, 6.07) is 3.85. The molecular weight excluding hydrogens is 244 g/mol. The Morgan fingerprint density at radius 1 is 1.26 bits per heavy atom. The van der Waals surface area contributed by atoms with Crippen molar-refractivity contribution in [3.8, 4) is 0 Å². The molecular formula is C16H23F2N. The van der Waals surface area contributed by atoms with E-state index in [-0.39, 0.29) is 23.1 Å². The predicted octanol–water partition coefficient (Wildman–Crippen LogP) is 4.58. The molecule has 19 heavy (non-hydrogen) atoms. The fourth-order valence-corrected chi connectivity index (χ4v) is 3.04. The molecule has 0 spiro atoms. The van der Waals surface area contributed by atoms with Gasteiger partial charge >= 0.3 is 0 Å². The SMILES string of the molecule is CC(NC1CCCCC1(C)C)c1cc(F)ccc1F. The number of hydrogen-bond acceptors (Lipinski definition) is 1. The largest absolute Gasteiger partial charge is 0.307 e. The van der Waals surface area contributed by atoms with Crippen LogP contribution in [-0.2, 0) is 0 Å². The molecule has 1 N–H and O–H groups in total. The van der Waals surface area contributed by atoms with Crippen molar-refractivity contribution in [1.82, 2.24) is 5.32 Å². The molecule has 0 saturated heterocycles. The zero-order chi connectivity index (χ0) is 14.0. The first-order valence-electron chi connectivity index (χ1n) is 7.11. The zero-order valence-electron chi connectivity index (χ0n) is 12.0. The minimum atomic E-state index is -0.382. The normalized spacial score (nSPS) is 24.2. The second-order valence-corrected chi connectivity index (χ2v) is 6.34. The minimum absolute atomic E-state index is 0.168. The molecule has 0 aliphatic heterocycles. The van der Waals surface area contributed by atoms with Crippen molar-refractivity contribution in [2.24, 2.45) is 5.41 Å². The van der Waals surface area contributed by atoms with Crippen LogP contribution in [0.1, 0.15) is 58.1 Å². The van der Waals surface area contributed by atoms with E-state index in [4.69, 9.17) is 0 Å². The van der Waals surface area contributed by atoms with Crippen molar-refractivity contribution in [2.75, 3.05) is 0 Å². The Morgan fingerprint density at radius 2 is 2.00 bits per heavy atom. The first kappa shape index (κ1) is 14.4. The van der Waals surface area contributed by atoms with E-state index >= 15 is 0 Å². The van der Waals surface area contributed by atoms with Gasteiger partial charge in [0, 0.05) is 17.6 Å². The summed E-state index contributed by atoms with van der Waals surface area (Å²) >= 11 is 0. The van der Waals surface area contributed by atoms with E-state index < -0.39 is 0 Å². The smallest absolute Gasteiger partial charge is 0.128 e. The maximum atomic E-state index is 13.8. The molecule has 0 radical (unpaired) electrons. The van der Waals surface area contributed by atoms with Crippen molar-refractivity contribution in [2.45, 2.75) is 58.5 Å². The molecule has 1 aliphatic carbocycles. The van der Waals surface area contributed by atoms with Crippen LogP contribution in [0.4, 0.5) is 8.78 Å². The molecule has 1 aromatic rings. The monoisotopic (exact) mass is 267 g/mol. The standard InChI is InChI=1S/C16H23F2N/c1-11(13-10-12(17)7-8-14(13)18)19-15-6-4-5-9-16(15,2)3/h7-8,10-11,15,19H,4-6,9H2,1-3H3. The summed E-state index contributed by atoms with van der Waals surface area (Å²) in [5, 5.41) is 3.49. The van der Waals surface area contributed by atoms with Crippen molar-refractivity contribution in [1.29, 1.82) is 0 Å². The highest BCUT2D eigenvalue weighted by Crippen LogP contribution is 2.36. The average molecular weight is 267 g/mol. The summed E-state index contributed by atoms with van der Waals surface area (Å²) in [5.41, 5.74) is 0.637. The summed E-state index contributed by atoms with van der Waals surface area (Å²) < 4.78 is 27.0. The van der Waals surface area contributed by atoms with Gasteiger partial charge in [-0.3, -0.25) is 0 Å². The van der Waals surface area contributed by atoms with Gasteiger partial charge in [0.25, 0.3) is 0 Å². The summed E-state index contributed by atoms with van der Waals surface area (Å²) in [4.78, 5) is 0. The first-order chi connectivity index (χ1) is 8.90. The van der Waals surface area contributed by atoms with E-state index in [1.54, 1.807) is 0 Å². The van der Waals surface area contributed by atoms with Gasteiger partial charge in [-0.05, 0) is 43.4 Å². The fraction of sp³-hybridized carbons (Fsp3) is 0.625. The Morgan fingerprint density at radius 3 is 2.68 bits per heavy atom. The molecule has 0 bridgehead atoms. The van der Waals surface area contributed by atoms with Gasteiger partial charge < -0.3 is 5.32 Å². The third-order valence-electron chi connectivity index (χ3n) is 4.38. The number of benzene rings is 1. The third kappa shape index (κ3) is 3.33. The van der Waals surface area contributed by atoms with Crippen LogP contribution < -0.4 is 5.32 Å². The molecule has 1 aliphatic rings. The van der Waals surface area contributed by atoms with Gasteiger partial charge in [0.05, 0.1) is 0 Å². The van der Waals surface area contributed by atoms with Crippen molar-refractivity contribution < 1.29 is 8.78 Å². The van der Waals surface area contributed by atoms with Crippen LogP contribution >= 0.6 is 0 Å². The highest BCUT2D eigenvalue weighted by atomic mass is 19.1. The topological polar surface area (TPSA) is 12.0 Å². The first-order valence-corrected chi connectivity index (χ1v) is 7.11. The quantitative estimate of drug-likeness (QED) is 0.845. The second-order valence-electron chi connectivity index (χ2n) is 6.34. The van der Waals surface area contributed by atoms with Gasteiger partial charge in [-0.25, -0.2) is 8.78 Å². The molecule has 0 aromatic heterocycles. The molecule has 3 heteroatoms. The Bertz CT molecular complexity index is 442. The predicted molar refractivity (Wildman–Crippen MR) is 73.9 cm³/mol. The molecule has 1 nitrogen and oxygen atoms in total. The van der Waals surface area contributed by atoms with Gasteiger partial charge in [-0.15, -0.1) is 0 Å². The van der Waals surface area contributed by atoms with Gasteiger partial charge in [0.2, 0.25) is 0 Å². The molecule has 1 aromatic carbocycles. The lowest BCUT2D eigenvalue weighted by Crippen LogP contribution is -2.45. The average Bonchev–Trinajstić information content (AvgIpc) is 2.34. The van der Waals surface area contributed by atoms with Gasteiger partial charge in [-0.1, -0.05) is 26.7 Å². The molecule has 106 valence electrons. The lowest BCUT2D eigenvalue weighted by atomic mass is 9.73. The zero-order valence-corrected chi connectivity index (χ0v) is 12.0. The maximum Gasteiger partial charge on any atom is 0.128 e. The van der Waals surface area contributed by atoms with Crippen molar-refractivity contribution in [3.63, 3.8) is 0 Å². The Balaban J connectivity index is 2.12. The molecule has 2 rings (SSSR count). The number of rotatable bonds is 3. The Kier molecular flexibility index (Phi) is 4.24. The fourth-order valence-electron chi connectivity index (χ4n) is 3.04. The number of hydrogen-bond donors (Lipinski definition) is 1. The van der Waals surface area contributed by atoms with Crippen LogP contribution in [-0.4, -0.2) is 6.04 Å². The van der Waals surface area contributed by atoms with Gasteiger partial charge in [0.15, 0.2) is 0 Å². The highest BCUT2D eigenvalue weighted by Gasteiger charge is 2.33. The Labute approximate surface area is 114 Å². The van der Waals surface area contributed by atoms with Crippen LogP contribution in [0.5, 0.6) is 0 Å². The lowest BCUT2D eigenvalue weighted by molar-refractivity contribution is 0.157. The second kappa shape index (κ2) is 5.58. The van der Waals surface area contributed by atoms with Crippen LogP contribution in [0.3, 0.4) is 0 Å². The van der Waals surface area contributed by atoms with Crippen LogP contribution in [0.25, 0.3) is 0 Å². The molecule has 2 atom stereocenters. The van der Waals surface area contributed by atoms with Crippen LogP contribution in [0.2, 0.25) is 0 Å². The van der Waals surface area contributed by atoms with Crippen molar-refractivity contribution >= 4 is 0 Å². The molecule has 2 unspecified atom stereocenters. The minimum Gasteiger partial charge on any atom is -0.307 e. The van der Waals surface area contributed by atoms with E-state index in [1.807, 2.05) is 6.92 Å². The third-order valence-corrected chi connectivity index (χ3v) is 4.38. The highest BCUT2D eigenvalue weighted by molar-refractivity contribution is 5.22. The molecule has 0 amide bonds. The lowest BCUT2D eigenvalue weighted by Gasteiger charge is -2.40. The van der Waals surface area contributed by atoms with E-state index in [0.717, 1.165) is 12.5 Å². The van der Waals surface area contributed by atoms with Crippen LogP contribution in [0, 0.1) is 17.0 Å². The van der Waals surface area contributed by atoms with Gasteiger partial charge in [0.1, 0.15) is 11.6 Å². The molecule has 1 saturated carbocycles. The summed E-state index contributed by atoms with van der Waals surface area (Å²) in [7, 11) is 0.